The molecule has 0 unspecified atom stereocenters. The van der Waals surface area contributed by atoms with E-state index < -0.39 is 10.0 Å². The molecule has 116 valence electrons. The predicted octanol–water partition coefficient (Wildman–Crippen LogP) is 2.87. The van der Waals surface area contributed by atoms with Gasteiger partial charge < -0.3 is 4.74 Å². The molecule has 0 aliphatic carbocycles. The molecule has 22 heavy (non-hydrogen) atoms. The minimum absolute atomic E-state index is 0.176. The number of benzene rings is 2. The Labute approximate surface area is 131 Å². The molecular formula is C17H19NO3S. The minimum atomic E-state index is -3.41. The van der Waals surface area contributed by atoms with Gasteiger partial charge in [-0.25, -0.2) is 8.42 Å². The highest BCUT2D eigenvalue weighted by Gasteiger charge is 2.34. The molecule has 1 aliphatic rings. The zero-order valence-corrected chi connectivity index (χ0v) is 13.3. The van der Waals surface area contributed by atoms with Gasteiger partial charge in [0, 0.05) is 19.0 Å². The van der Waals surface area contributed by atoms with E-state index in [0.717, 1.165) is 17.7 Å². The van der Waals surface area contributed by atoms with Crippen LogP contribution in [0.25, 0.3) is 0 Å². The zero-order valence-electron chi connectivity index (χ0n) is 12.5. The van der Waals surface area contributed by atoms with Crippen LogP contribution in [0.5, 0.6) is 5.75 Å². The number of hydrogen-bond donors (Lipinski definition) is 0. The molecule has 0 amide bonds. The van der Waals surface area contributed by atoms with E-state index in [4.69, 9.17) is 4.74 Å². The van der Waals surface area contributed by atoms with Crippen molar-refractivity contribution in [3.63, 3.8) is 0 Å². The van der Waals surface area contributed by atoms with Crippen molar-refractivity contribution in [2.24, 2.45) is 0 Å². The number of hydrogen-bond acceptors (Lipinski definition) is 3. The van der Waals surface area contributed by atoms with Crippen LogP contribution in [0.3, 0.4) is 0 Å². The molecule has 0 saturated carbocycles. The van der Waals surface area contributed by atoms with Crippen LogP contribution >= 0.6 is 0 Å². The van der Waals surface area contributed by atoms with Crippen molar-refractivity contribution in [1.29, 1.82) is 0 Å². The number of nitrogens with zero attached hydrogens (tertiary/aromatic N) is 1. The summed E-state index contributed by atoms with van der Waals surface area (Å²) in [5, 5.41) is 0. The minimum Gasteiger partial charge on any atom is -0.496 e. The third kappa shape index (κ3) is 2.74. The standard InChI is InChI=1S/C17H19NO3S/c1-21-17-10-6-5-9-16(17)14-11-12-18(13-14)22(19,20)15-7-3-2-4-8-15/h2-10,14H,11-13H2,1H3/t14-/m1/s1. The lowest BCUT2D eigenvalue weighted by Gasteiger charge is -2.18. The topological polar surface area (TPSA) is 46.6 Å². The van der Waals surface area contributed by atoms with Crippen molar-refractivity contribution in [3.8, 4) is 5.75 Å². The molecule has 2 aromatic carbocycles. The summed E-state index contributed by atoms with van der Waals surface area (Å²) in [5.41, 5.74) is 1.08. The molecule has 2 aromatic rings. The average Bonchev–Trinajstić information content (AvgIpc) is 3.06. The van der Waals surface area contributed by atoms with Gasteiger partial charge in [0.25, 0.3) is 0 Å². The van der Waals surface area contributed by atoms with E-state index >= 15 is 0 Å². The van der Waals surface area contributed by atoms with Crippen LogP contribution in [0.15, 0.2) is 59.5 Å². The van der Waals surface area contributed by atoms with Gasteiger partial charge in [0.2, 0.25) is 10.0 Å². The first kappa shape index (κ1) is 15.1. The van der Waals surface area contributed by atoms with Crippen LogP contribution in [-0.4, -0.2) is 32.9 Å². The third-order valence-corrected chi connectivity index (χ3v) is 5.99. The fourth-order valence-corrected chi connectivity index (χ4v) is 4.47. The lowest BCUT2D eigenvalue weighted by molar-refractivity contribution is 0.405. The van der Waals surface area contributed by atoms with Gasteiger partial charge in [0.05, 0.1) is 12.0 Å². The lowest BCUT2D eigenvalue weighted by Crippen LogP contribution is -2.28. The molecule has 0 bridgehead atoms. The third-order valence-electron chi connectivity index (χ3n) is 4.11. The molecule has 0 aromatic heterocycles. The van der Waals surface area contributed by atoms with E-state index in [1.165, 1.54) is 0 Å². The van der Waals surface area contributed by atoms with Gasteiger partial charge in [-0.2, -0.15) is 4.31 Å². The molecule has 5 heteroatoms. The maximum Gasteiger partial charge on any atom is 0.243 e. The van der Waals surface area contributed by atoms with E-state index in [2.05, 4.69) is 0 Å². The van der Waals surface area contributed by atoms with Crippen molar-refractivity contribution in [2.75, 3.05) is 20.2 Å². The summed E-state index contributed by atoms with van der Waals surface area (Å²) in [6.45, 7) is 1.04. The zero-order chi connectivity index (χ0) is 15.6. The molecule has 0 radical (unpaired) electrons. The number of ether oxygens (including phenoxy) is 1. The van der Waals surface area contributed by atoms with Gasteiger partial charge in [-0.3, -0.25) is 0 Å². The Balaban J connectivity index is 1.83. The van der Waals surface area contributed by atoms with Crippen LogP contribution in [0.1, 0.15) is 17.9 Å². The van der Waals surface area contributed by atoms with Gasteiger partial charge in [-0.1, -0.05) is 36.4 Å². The second kappa shape index (κ2) is 6.10. The van der Waals surface area contributed by atoms with Crippen molar-refractivity contribution in [1.82, 2.24) is 4.31 Å². The molecular weight excluding hydrogens is 298 g/mol. The summed E-state index contributed by atoms with van der Waals surface area (Å²) in [6.07, 6.45) is 0.812. The van der Waals surface area contributed by atoms with E-state index in [9.17, 15) is 8.42 Å². The quantitative estimate of drug-likeness (QED) is 0.871. The Morgan fingerprint density at radius 3 is 2.45 bits per heavy atom. The molecule has 1 heterocycles. The van der Waals surface area contributed by atoms with E-state index in [1.54, 1.807) is 35.7 Å². The highest BCUT2D eigenvalue weighted by Crippen LogP contribution is 2.35. The van der Waals surface area contributed by atoms with Gasteiger partial charge in [-0.15, -0.1) is 0 Å². The SMILES string of the molecule is COc1ccccc1[C@@H]1CCN(S(=O)(=O)c2ccccc2)C1. The smallest absolute Gasteiger partial charge is 0.243 e. The fourth-order valence-electron chi connectivity index (χ4n) is 2.95. The Kier molecular flexibility index (Phi) is 4.18. The van der Waals surface area contributed by atoms with E-state index in [0.29, 0.717) is 18.0 Å². The number of sulfonamides is 1. The monoisotopic (exact) mass is 317 g/mol. The van der Waals surface area contributed by atoms with Crippen molar-refractivity contribution < 1.29 is 13.2 Å². The molecule has 1 fully saturated rings. The van der Waals surface area contributed by atoms with Gasteiger partial charge in [0.1, 0.15) is 5.75 Å². The summed E-state index contributed by atoms with van der Waals surface area (Å²) in [4.78, 5) is 0.357. The molecule has 3 rings (SSSR count). The second-order valence-corrected chi connectivity index (χ2v) is 7.34. The van der Waals surface area contributed by atoms with Crippen molar-refractivity contribution in [3.05, 3.63) is 60.2 Å². The number of methoxy groups -OCH3 is 1. The summed E-state index contributed by atoms with van der Waals surface area (Å²) in [6, 6.07) is 16.4. The Bertz CT molecular complexity index is 744. The molecule has 1 saturated heterocycles. The molecule has 0 N–H and O–H groups in total. The Hall–Kier alpha value is -1.85. The number of para-hydroxylation sites is 1. The van der Waals surface area contributed by atoms with Gasteiger partial charge >= 0.3 is 0 Å². The number of rotatable bonds is 4. The Morgan fingerprint density at radius 1 is 1.05 bits per heavy atom. The van der Waals surface area contributed by atoms with Crippen LogP contribution in [0, 0.1) is 0 Å². The molecule has 1 atom stereocenters. The summed E-state index contributed by atoms with van der Waals surface area (Å²) in [5.74, 6) is 1.00. The second-order valence-electron chi connectivity index (χ2n) is 5.40. The maximum absolute atomic E-state index is 12.7. The van der Waals surface area contributed by atoms with Crippen LogP contribution in [0.4, 0.5) is 0 Å². The first-order valence-electron chi connectivity index (χ1n) is 7.31. The van der Waals surface area contributed by atoms with Gasteiger partial charge in [0.15, 0.2) is 0 Å². The molecule has 1 aliphatic heterocycles. The van der Waals surface area contributed by atoms with Crippen molar-refractivity contribution in [2.45, 2.75) is 17.2 Å². The molecule has 4 nitrogen and oxygen atoms in total. The van der Waals surface area contributed by atoms with Crippen molar-refractivity contribution >= 4 is 10.0 Å². The normalized spacial score (nSPS) is 19.2. The van der Waals surface area contributed by atoms with E-state index in [-0.39, 0.29) is 5.92 Å². The summed E-state index contributed by atoms with van der Waals surface area (Å²) < 4.78 is 32.3. The Morgan fingerprint density at radius 2 is 1.73 bits per heavy atom. The highest BCUT2D eigenvalue weighted by atomic mass is 32.2. The highest BCUT2D eigenvalue weighted by molar-refractivity contribution is 7.89. The lowest BCUT2D eigenvalue weighted by atomic mass is 9.97. The first-order valence-corrected chi connectivity index (χ1v) is 8.75. The van der Waals surface area contributed by atoms with Gasteiger partial charge in [-0.05, 0) is 30.2 Å². The summed E-state index contributed by atoms with van der Waals surface area (Å²) >= 11 is 0. The summed E-state index contributed by atoms with van der Waals surface area (Å²) in [7, 11) is -1.76. The average molecular weight is 317 g/mol. The van der Waals surface area contributed by atoms with Crippen LogP contribution in [0.2, 0.25) is 0 Å². The van der Waals surface area contributed by atoms with Crippen LogP contribution in [-0.2, 0) is 10.0 Å². The fraction of sp³-hybridized carbons (Fsp3) is 0.294. The van der Waals surface area contributed by atoms with Crippen LogP contribution < -0.4 is 4.74 Å². The predicted molar refractivity (Wildman–Crippen MR) is 85.6 cm³/mol. The molecule has 0 spiro atoms. The first-order chi connectivity index (χ1) is 10.6. The largest absolute Gasteiger partial charge is 0.496 e. The maximum atomic E-state index is 12.7. The van der Waals surface area contributed by atoms with E-state index in [1.807, 2.05) is 30.3 Å².